The molecule has 1 aliphatic rings. The van der Waals surface area contributed by atoms with E-state index in [-0.39, 0.29) is 11.9 Å². The first-order chi connectivity index (χ1) is 9.99. The van der Waals surface area contributed by atoms with Gasteiger partial charge in [-0.15, -0.1) is 0 Å². The number of carboxylic acid groups (broad SMARTS) is 1. The van der Waals surface area contributed by atoms with Crippen LogP contribution in [-0.2, 0) is 4.79 Å². The van der Waals surface area contributed by atoms with Crippen LogP contribution in [0.15, 0.2) is 18.3 Å². The molecular formula is C16H24N2O3. The number of carbonyl (C=O) groups excluding carboxylic acids is 1. The third kappa shape index (κ3) is 3.86. The van der Waals surface area contributed by atoms with Gasteiger partial charge in [-0.3, -0.25) is 4.79 Å². The fourth-order valence-corrected chi connectivity index (χ4v) is 2.86. The fraction of sp³-hybridized carbons (Fsp3) is 0.625. The highest BCUT2D eigenvalue weighted by molar-refractivity contribution is 5.85. The lowest BCUT2D eigenvalue weighted by molar-refractivity contribution is -0.132. The van der Waals surface area contributed by atoms with E-state index in [9.17, 15) is 9.59 Å². The number of piperidine rings is 1. The van der Waals surface area contributed by atoms with E-state index in [1.807, 2.05) is 15.7 Å². The second-order valence-corrected chi connectivity index (χ2v) is 6.15. The molecule has 2 heterocycles. The second-order valence-electron chi connectivity index (χ2n) is 6.15. The first-order valence-electron chi connectivity index (χ1n) is 7.67. The van der Waals surface area contributed by atoms with E-state index in [0.29, 0.717) is 18.0 Å². The third-order valence-corrected chi connectivity index (χ3v) is 4.14. The van der Waals surface area contributed by atoms with Crippen LogP contribution in [0.25, 0.3) is 0 Å². The monoisotopic (exact) mass is 292 g/mol. The van der Waals surface area contributed by atoms with Gasteiger partial charge in [-0.25, -0.2) is 4.79 Å². The van der Waals surface area contributed by atoms with Crippen LogP contribution in [0, 0.1) is 5.92 Å². The van der Waals surface area contributed by atoms with Gasteiger partial charge in [0.05, 0.1) is 0 Å². The average Bonchev–Trinajstić information content (AvgIpc) is 2.94. The first kappa shape index (κ1) is 15.6. The highest BCUT2D eigenvalue weighted by Crippen LogP contribution is 2.25. The first-order valence-corrected chi connectivity index (χ1v) is 7.67. The minimum Gasteiger partial charge on any atom is -0.477 e. The molecule has 0 atom stereocenters. The van der Waals surface area contributed by atoms with E-state index >= 15 is 0 Å². The largest absolute Gasteiger partial charge is 0.477 e. The summed E-state index contributed by atoms with van der Waals surface area (Å²) >= 11 is 0. The van der Waals surface area contributed by atoms with Crippen LogP contribution in [0.1, 0.15) is 56.1 Å². The normalized spacial score (nSPS) is 16.4. The molecule has 0 aromatic carbocycles. The summed E-state index contributed by atoms with van der Waals surface area (Å²) in [6, 6.07) is 3.58. The summed E-state index contributed by atoms with van der Waals surface area (Å²) in [6.45, 7) is 5.69. The summed E-state index contributed by atoms with van der Waals surface area (Å²) in [7, 11) is 0. The van der Waals surface area contributed by atoms with Crippen molar-refractivity contribution in [3.63, 3.8) is 0 Å². The Morgan fingerprint density at radius 1 is 1.33 bits per heavy atom. The second kappa shape index (κ2) is 6.78. The van der Waals surface area contributed by atoms with Gasteiger partial charge >= 0.3 is 5.97 Å². The number of aromatic nitrogens is 1. The summed E-state index contributed by atoms with van der Waals surface area (Å²) in [5, 5.41) is 9.16. The smallest absolute Gasteiger partial charge is 0.352 e. The van der Waals surface area contributed by atoms with E-state index in [2.05, 4.69) is 13.8 Å². The average molecular weight is 292 g/mol. The Kier molecular flexibility index (Phi) is 5.04. The van der Waals surface area contributed by atoms with Crippen LogP contribution in [0.4, 0.5) is 0 Å². The van der Waals surface area contributed by atoms with Gasteiger partial charge < -0.3 is 14.6 Å². The lowest BCUT2D eigenvalue weighted by Crippen LogP contribution is -2.39. The van der Waals surface area contributed by atoms with E-state index < -0.39 is 5.97 Å². The van der Waals surface area contributed by atoms with Crippen molar-refractivity contribution < 1.29 is 14.7 Å². The molecular weight excluding hydrogens is 268 g/mol. The number of hydrogen-bond acceptors (Lipinski definition) is 2. The summed E-state index contributed by atoms with van der Waals surface area (Å²) in [6.07, 6.45) is 5.01. The van der Waals surface area contributed by atoms with Crippen LogP contribution in [0.2, 0.25) is 0 Å². The zero-order valence-corrected chi connectivity index (χ0v) is 12.8. The number of nitrogens with zero attached hydrogens (tertiary/aromatic N) is 2. The molecule has 1 saturated heterocycles. The maximum absolute atomic E-state index is 12.1. The van der Waals surface area contributed by atoms with Gasteiger partial charge in [0.2, 0.25) is 5.91 Å². The van der Waals surface area contributed by atoms with Gasteiger partial charge in [0, 0.05) is 31.7 Å². The summed E-state index contributed by atoms with van der Waals surface area (Å²) in [4.78, 5) is 25.2. The number of aromatic carboxylic acids is 1. The highest BCUT2D eigenvalue weighted by Gasteiger charge is 2.25. The fourth-order valence-electron chi connectivity index (χ4n) is 2.86. The van der Waals surface area contributed by atoms with Gasteiger partial charge in [0.15, 0.2) is 0 Å². The van der Waals surface area contributed by atoms with Crippen molar-refractivity contribution >= 4 is 11.9 Å². The molecule has 0 spiro atoms. The molecule has 5 nitrogen and oxygen atoms in total. The Labute approximate surface area is 125 Å². The number of amides is 1. The predicted molar refractivity (Wildman–Crippen MR) is 80.3 cm³/mol. The molecule has 1 aromatic heterocycles. The van der Waals surface area contributed by atoms with Gasteiger partial charge in [-0.05, 0) is 37.3 Å². The van der Waals surface area contributed by atoms with E-state index in [0.717, 1.165) is 32.4 Å². The van der Waals surface area contributed by atoms with Crippen molar-refractivity contribution in [3.05, 3.63) is 24.0 Å². The highest BCUT2D eigenvalue weighted by atomic mass is 16.4. The van der Waals surface area contributed by atoms with Crippen LogP contribution >= 0.6 is 0 Å². The van der Waals surface area contributed by atoms with Crippen molar-refractivity contribution in [3.8, 4) is 0 Å². The van der Waals surface area contributed by atoms with E-state index in [1.54, 1.807) is 12.1 Å². The van der Waals surface area contributed by atoms with E-state index in [4.69, 9.17) is 5.11 Å². The van der Waals surface area contributed by atoms with Crippen molar-refractivity contribution in [1.82, 2.24) is 9.47 Å². The van der Waals surface area contributed by atoms with Crippen molar-refractivity contribution in [2.24, 2.45) is 5.92 Å². The Balaban J connectivity index is 1.90. The number of hydrogen-bond donors (Lipinski definition) is 1. The SMILES string of the molecule is CC(C)CCC(=O)N1CCC(n2cccc2C(=O)O)CC1. The van der Waals surface area contributed by atoms with Crippen LogP contribution in [-0.4, -0.2) is 39.5 Å². The summed E-state index contributed by atoms with van der Waals surface area (Å²) in [5.41, 5.74) is 0.333. The molecule has 1 N–H and O–H groups in total. The lowest BCUT2D eigenvalue weighted by Gasteiger charge is -2.33. The molecule has 0 saturated carbocycles. The van der Waals surface area contributed by atoms with Gasteiger partial charge in [-0.2, -0.15) is 0 Å². The molecule has 1 amide bonds. The number of likely N-dealkylation sites (tertiary alicyclic amines) is 1. The third-order valence-electron chi connectivity index (χ3n) is 4.14. The number of carbonyl (C=O) groups is 2. The Hall–Kier alpha value is -1.78. The summed E-state index contributed by atoms with van der Waals surface area (Å²) < 4.78 is 1.83. The Bertz CT molecular complexity index is 499. The Morgan fingerprint density at radius 2 is 2.00 bits per heavy atom. The maximum Gasteiger partial charge on any atom is 0.352 e. The zero-order chi connectivity index (χ0) is 15.4. The van der Waals surface area contributed by atoms with Gasteiger partial charge in [-0.1, -0.05) is 13.8 Å². The van der Waals surface area contributed by atoms with Crippen LogP contribution < -0.4 is 0 Å². The molecule has 0 unspecified atom stereocenters. The summed E-state index contributed by atoms with van der Waals surface area (Å²) in [5.74, 6) is -0.118. The molecule has 1 fully saturated rings. The van der Waals surface area contributed by atoms with Crippen LogP contribution in [0.5, 0.6) is 0 Å². The van der Waals surface area contributed by atoms with Crippen molar-refractivity contribution in [1.29, 1.82) is 0 Å². The molecule has 116 valence electrons. The molecule has 1 aliphatic heterocycles. The lowest BCUT2D eigenvalue weighted by atomic mass is 10.0. The van der Waals surface area contributed by atoms with Crippen molar-refractivity contribution in [2.45, 2.75) is 45.6 Å². The standard InChI is InChI=1S/C16H24N2O3/c1-12(2)5-6-15(19)17-10-7-13(8-11-17)18-9-3-4-14(18)16(20)21/h3-4,9,12-13H,5-8,10-11H2,1-2H3,(H,20,21). The molecule has 0 aliphatic carbocycles. The Morgan fingerprint density at radius 3 is 2.57 bits per heavy atom. The molecule has 21 heavy (non-hydrogen) atoms. The van der Waals surface area contributed by atoms with Crippen LogP contribution in [0.3, 0.4) is 0 Å². The molecule has 0 radical (unpaired) electrons. The number of carboxylic acids is 1. The topological polar surface area (TPSA) is 62.5 Å². The maximum atomic E-state index is 12.1. The van der Waals surface area contributed by atoms with Crippen molar-refractivity contribution in [2.75, 3.05) is 13.1 Å². The minimum absolute atomic E-state index is 0.181. The predicted octanol–water partition coefficient (Wildman–Crippen LogP) is 2.79. The minimum atomic E-state index is -0.893. The molecule has 1 aromatic rings. The van der Waals surface area contributed by atoms with Gasteiger partial charge in [0.1, 0.15) is 5.69 Å². The molecule has 0 bridgehead atoms. The number of rotatable bonds is 5. The van der Waals surface area contributed by atoms with E-state index in [1.165, 1.54) is 0 Å². The zero-order valence-electron chi connectivity index (χ0n) is 12.8. The molecule has 5 heteroatoms. The molecule has 2 rings (SSSR count). The van der Waals surface area contributed by atoms with Gasteiger partial charge in [0.25, 0.3) is 0 Å². The quantitative estimate of drug-likeness (QED) is 0.907.